The molecule has 3 rings (SSSR count). The van der Waals surface area contributed by atoms with E-state index in [-0.39, 0.29) is 0 Å². The third-order valence-corrected chi connectivity index (χ3v) is 4.63. The molecule has 0 atom stereocenters. The van der Waals surface area contributed by atoms with Crippen LogP contribution in [-0.2, 0) is 19.3 Å². The number of H-pyrrole nitrogens is 1. The minimum absolute atomic E-state index is 0.949. The molecule has 1 heterocycles. The summed E-state index contributed by atoms with van der Waals surface area (Å²) < 4.78 is 1.10. The number of benzene rings is 1. The topological polar surface area (TPSA) is 40.7 Å². The molecule has 1 aliphatic rings. The van der Waals surface area contributed by atoms with Gasteiger partial charge in [-0.25, -0.2) is 0 Å². The maximum atomic E-state index is 4.46. The van der Waals surface area contributed by atoms with Crippen LogP contribution >= 0.6 is 15.9 Å². The molecule has 0 bridgehead atoms. The van der Waals surface area contributed by atoms with Crippen molar-refractivity contribution in [1.82, 2.24) is 15.5 Å². The van der Waals surface area contributed by atoms with Gasteiger partial charge in [0.25, 0.3) is 0 Å². The number of aryl methyl sites for hydroxylation is 2. The van der Waals surface area contributed by atoms with Crippen LogP contribution in [0.3, 0.4) is 0 Å². The maximum Gasteiger partial charge on any atom is 0.107 e. The fourth-order valence-corrected chi connectivity index (χ4v) is 3.29. The van der Waals surface area contributed by atoms with Crippen LogP contribution in [-0.4, -0.2) is 23.8 Å². The number of likely N-dealkylation sites (N-methyl/N-ethyl adjacent to an activating group) is 1. The summed E-state index contributed by atoms with van der Waals surface area (Å²) in [7, 11) is 1.96. The summed E-state index contributed by atoms with van der Waals surface area (Å²) in [6, 6.07) is 6.74. The molecule has 0 amide bonds. The first kappa shape index (κ1) is 12.9. The van der Waals surface area contributed by atoms with Crippen LogP contribution in [0.1, 0.15) is 23.2 Å². The van der Waals surface area contributed by atoms with E-state index in [1.807, 2.05) is 7.05 Å². The lowest BCUT2D eigenvalue weighted by molar-refractivity contribution is 0.770. The van der Waals surface area contributed by atoms with Gasteiger partial charge in [-0.15, -0.1) is 0 Å². The highest BCUT2D eigenvalue weighted by Gasteiger charge is 2.15. The molecule has 4 heteroatoms. The van der Waals surface area contributed by atoms with E-state index in [0.717, 1.165) is 28.8 Å². The average molecular weight is 320 g/mol. The predicted molar refractivity (Wildman–Crippen MR) is 81.4 cm³/mol. The van der Waals surface area contributed by atoms with E-state index >= 15 is 0 Å². The molecular formula is C15H18BrN3. The Labute approximate surface area is 121 Å². The van der Waals surface area contributed by atoms with Crippen LogP contribution in [0, 0.1) is 0 Å². The Balaban J connectivity index is 1.92. The molecule has 2 aromatic rings. The average Bonchev–Trinajstić information content (AvgIpc) is 3.02. The minimum Gasteiger partial charge on any atom is -0.319 e. The number of rotatable bonds is 4. The third kappa shape index (κ3) is 2.47. The molecule has 2 N–H and O–H groups in total. The third-order valence-electron chi connectivity index (χ3n) is 3.77. The van der Waals surface area contributed by atoms with E-state index in [1.165, 1.54) is 36.0 Å². The van der Waals surface area contributed by atoms with Crippen molar-refractivity contribution in [2.75, 3.05) is 13.6 Å². The second-order valence-electron chi connectivity index (χ2n) is 5.06. The van der Waals surface area contributed by atoms with Crippen LogP contribution in [0.2, 0.25) is 0 Å². The Morgan fingerprint density at radius 2 is 2.16 bits per heavy atom. The van der Waals surface area contributed by atoms with E-state index in [1.54, 1.807) is 0 Å². The number of hydrogen-bond acceptors (Lipinski definition) is 2. The second-order valence-corrected chi connectivity index (χ2v) is 5.85. The molecule has 0 unspecified atom stereocenters. The van der Waals surface area contributed by atoms with Gasteiger partial charge in [-0.3, -0.25) is 5.10 Å². The number of hydrogen-bond donors (Lipinski definition) is 2. The van der Waals surface area contributed by atoms with E-state index in [2.05, 4.69) is 49.6 Å². The van der Waals surface area contributed by atoms with Crippen LogP contribution in [0.5, 0.6) is 0 Å². The molecule has 0 aliphatic heterocycles. The Morgan fingerprint density at radius 3 is 3.00 bits per heavy atom. The summed E-state index contributed by atoms with van der Waals surface area (Å²) in [5.41, 5.74) is 6.39. The standard InChI is InChI=1S/C15H18BrN3/c1-17-8-7-13-14(16)15(19-18-13)12-6-5-10-3-2-4-11(10)9-12/h5-6,9,17H,2-4,7-8H2,1H3,(H,18,19). The lowest BCUT2D eigenvalue weighted by Crippen LogP contribution is -2.10. The SMILES string of the molecule is CNCCc1[nH]nc(-c2ccc3c(c2)CCC3)c1Br. The zero-order valence-corrected chi connectivity index (χ0v) is 12.7. The van der Waals surface area contributed by atoms with Gasteiger partial charge in [0, 0.05) is 18.5 Å². The molecule has 19 heavy (non-hydrogen) atoms. The van der Waals surface area contributed by atoms with Gasteiger partial charge in [-0.05, 0) is 59.4 Å². The normalized spacial score (nSPS) is 13.8. The fourth-order valence-electron chi connectivity index (χ4n) is 2.69. The lowest BCUT2D eigenvalue weighted by atomic mass is 10.0. The summed E-state index contributed by atoms with van der Waals surface area (Å²) in [5, 5.41) is 10.8. The molecule has 3 nitrogen and oxygen atoms in total. The van der Waals surface area contributed by atoms with Crippen molar-refractivity contribution in [3.63, 3.8) is 0 Å². The maximum absolute atomic E-state index is 4.46. The van der Waals surface area contributed by atoms with Gasteiger partial charge in [0.05, 0.1) is 10.2 Å². The molecule has 1 aromatic carbocycles. The minimum atomic E-state index is 0.949. The van der Waals surface area contributed by atoms with Crippen molar-refractivity contribution in [1.29, 1.82) is 0 Å². The molecule has 1 aliphatic carbocycles. The van der Waals surface area contributed by atoms with E-state index in [9.17, 15) is 0 Å². The Morgan fingerprint density at radius 1 is 1.32 bits per heavy atom. The van der Waals surface area contributed by atoms with E-state index < -0.39 is 0 Å². The summed E-state index contributed by atoms with van der Waals surface area (Å²) in [6.45, 7) is 0.949. The zero-order chi connectivity index (χ0) is 13.2. The first-order chi connectivity index (χ1) is 9.29. The molecule has 0 radical (unpaired) electrons. The molecule has 100 valence electrons. The van der Waals surface area contributed by atoms with E-state index in [0.29, 0.717) is 0 Å². The van der Waals surface area contributed by atoms with Gasteiger partial charge < -0.3 is 5.32 Å². The van der Waals surface area contributed by atoms with Crippen molar-refractivity contribution in [2.24, 2.45) is 0 Å². The molecule has 0 saturated heterocycles. The summed E-state index contributed by atoms with van der Waals surface area (Å²) in [5.74, 6) is 0. The van der Waals surface area contributed by atoms with Crippen LogP contribution in [0.4, 0.5) is 0 Å². The van der Waals surface area contributed by atoms with Crippen LogP contribution < -0.4 is 5.32 Å². The number of nitrogens with zero attached hydrogens (tertiary/aromatic N) is 1. The van der Waals surface area contributed by atoms with Crippen molar-refractivity contribution in [3.8, 4) is 11.3 Å². The van der Waals surface area contributed by atoms with E-state index in [4.69, 9.17) is 0 Å². The van der Waals surface area contributed by atoms with Gasteiger partial charge in [-0.1, -0.05) is 12.1 Å². The Hall–Kier alpha value is -1.13. The fraction of sp³-hybridized carbons (Fsp3) is 0.400. The molecule has 0 fully saturated rings. The highest BCUT2D eigenvalue weighted by Crippen LogP contribution is 2.32. The molecule has 0 spiro atoms. The largest absolute Gasteiger partial charge is 0.319 e. The van der Waals surface area contributed by atoms with Crippen LogP contribution in [0.15, 0.2) is 22.7 Å². The molecule has 0 saturated carbocycles. The highest BCUT2D eigenvalue weighted by molar-refractivity contribution is 9.10. The summed E-state index contributed by atoms with van der Waals surface area (Å²) >= 11 is 3.68. The van der Waals surface area contributed by atoms with Crippen molar-refractivity contribution >= 4 is 15.9 Å². The second kappa shape index (κ2) is 5.47. The smallest absolute Gasteiger partial charge is 0.107 e. The highest BCUT2D eigenvalue weighted by atomic mass is 79.9. The summed E-state index contributed by atoms with van der Waals surface area (Å²) in [6.07, 6.45) is 4.67. The number of halogens is 1. The van der Waals surface area contributed by atoms with Gasteiger partial charge >= 0.3 is 0 Å². The lowest BCUT2D eigenvalue weighted by Gasteiger charge is -2.03. The van der Waals surface area contributed by atoms with Gasteiger partial charge in [0.15, 0.2) is 0 Å². The number of nitrogens with one attached hydrogen (secondary N) is 2. The van der Waals surface area contributed by atoms with Gasteiger partial charge in [0.1, 0.15) is 5.69 Å². The van der Waals surface area contributed by atoms with Gasteiger partial charge in [-0.2, -0.15) is 5.10 Å². The van der Waals surface area contributed by atoms with Crippen molar-refractivity contribution in [2.45, 2.75) is 25.7 Å². The number of fused-ring (bicyclic) bond motifs is 1. The monoisotopic (exact) mass is 319 g/mol. The first-order valence-electron chi connectivity index (χ1n) is 6.79. The molecular weight excluding hydrogens is 302 g/mol. The van der Waals surface area contributed by atoms with Gasteiger partial charge in [0.2, 0.25) is 0 Å². The molecule has 1 aromatic heterocycles. The number of aromatic nitrogens is 2. The van der Waals surface area contributed by atoms with Crippen LogP contribution in [0.25, 0.3) is 11.3 Å². The number of aromatic amines is 1. The Kier molecular flexibility index (Phi) is 3.71. The first-order valence-corrected chi connectivity index (χ1v) is 7.58. The quantitative estimate of drug-likeness (QED) is 0.909. The van der Waals surface area contributed by atoms with Crippen molar-refractivity contribution in [3.05, 3.63) is 39.5 Å². The predicted octanol–water partition coefficient (Wildman–Crippen LogP) is 3.09. The summed E-state index contributed by atoms with van der Waals surface area (Å²) in [4.78, 5) is 0. The van der Waals surface area contributed by atoms with Crippen molar-refractivity contribution < 1.29 is 0 Å². The Bertz CT molecular complexity index is 589. The zero-order valence-electron chi connectivity index (χ0n) is 11.1.